The minimum atomic E-state index is -1.15. The number of carbonyl (C=O) groups excluding carboxylic acids is 1. The van der Waals surface area contributed by atoms with Gasteiger partial charge in [0.1, 0.15) is 5.60 Å². The fraction of sp³-hybridized carbons (Fsp3) is 0.900. The van der Waals surface area contributed by atoms with Crippen LogP contribution in [0.15, 0.2) is 0 Å². The van der Waals surface area contributed by atoms with Gasteiger partial charge < -0.3 is 5.11 Å². The maximum Gasteiger partial charge on any atom is 0.169 e. The second-order valence-electron chi connectivity index (χ2n) is 4.60. The first-order valence-corrected chi connectivity index (χ1v) is 4.49. The zero-order valence-corrected chi connectivity index (χ0v) is 8.77. The molecule has 0 aliphatic heterocycles. The Hall–Kier alpha value is -0.370. The van der Waals surface area contributed by atoms with Crippen LogP contribution in [0.1, 0.15) is 47.5 Å². The van der Waals surface area contributed by atoms with E-state index < -0.39 is 11.0 Å². The van der Waals surface area contributed by atoms with Crippen LogP contribution in [0.3, 0.4) is 0 Å². The van der Waals surface area contributed by atoms with E-state index in [0.717, 1.165) is 6.42 Å². The van der Waals surface area contributed by atoms with E-state index in [4.69, 9.17) is 0 Å². The Labute approximate surface area is 75.0 Å². The molecular formula is C10H20O2. The third kappa shape index (κ3) is 2.94. The number of aliphatic hydroxyl groups is 1. The lowest BCUT2D eigenvalue weighted by molar-refractivity contribution is -0.144. The van der Waals surface area contributed by atoms with E-state index in [1.165, 1.54) is 0 Å². The van der Waals surface area contributed by atoms with Crippen LogP contribution in [0.2, 0.25) is 0 Å². The monoisotopic (exact) mass is 172 g/mol. The van der Waals surface area contributed by atoms with Gasteiger partial charge in [-0.2, -0.15) is 0 Å². The van der Waals surface area contributed by atoms with Gasteiger partial charge >= 0.3 is 0 Å². The first-order valence-electron chi connectivity index (χ1n) is 4.49. The number of Topliss-reactive ketones (excluding diaryl/α,β-unsaturated/α-hetero) is 1. The summed E-state index contributed by atoms with van der Waals surface area (Å²) in [7, 11) is 0. The maximum absolute atomic E-state index is 11.6. The molecule has 0 aliphatic rings. The topological polar surface area (TPSA) is 37.3 Å². The fourth-order valence-electron chi connectivity index (χ4n) is 1.41. The van der Waals surface area contributed by atoms with Crippen LogP contribution in [0.25, 0.3) is 0 Å². The molecule has 0 radical (unpaired) electrons. The van der Waals surface area contributed by atoms with E-state index >= 15 is 0 Å². The quantitative estimate of drug-likeness (QED) is 0.708. The van der Waals surface area contributed by atoms with E-state index in [1.54, 1.807) is 6.92 Å². The van der Waals surface area contributed by atoms with Crippen LogP contribution in [0, 0.1) is 5.41 Å². The third-order valence-electron chi connectivity index (χ3n) is 1.91. The molecule has 0 aromatic heterocycles. The van der Waals surface area contributed by atoms with E-state index in [0.29, 0.717) is 6.42 Å². The lowest BCUT2D eigenvalue weighted by Crippen LogP contribution is -2.42. The van der Waals surface area contributed by atoms with E-state index in [9.17, 15) is 9.90 Å². The smallest absolute Gasteiger partial charge is 0.169 e. The molecule has 0 rings (SSSR count). The van der Waals surface area contributed by atoms with E-state index in [2.05, 4.69) is 0 Å². The fourth-order valence-corrected chi connectivity index (χ4v) is 1.41. The van der Waals surface area contributed by atoms with Crippen LogP contribution >= 0.6 is 0 Å². The predicted octanol–water partition coefficient (Wildman–Crippen LogP) is 2.15. The Morgan fingerprint density at radius 2 is 1.67 bits per heavy atom. The van der Waals surface area contributed by atoms with Gasteiger partial charge in [-0.3, -0.25) is 4.79 Å². The van der Waals surface area contributed by atoms with Crippen molar-refractivity contribution in [2.45, 2.75) is 53.1 Å². The molecule has 2 heteroatoms. The van der Waals surface area contributed by atoms with Crippen molar-refractivity contribution in [3.05, 3.63) is 0 Å². The summed E-state index contributed by atoms with van der Waals surface area (Å²) in [4.78, 5) is 11.6. The van der Waals surface area contributed by atoms with Crippen LogP contribution in [0.5, 0.6) is 0 Å². The summed E-state index contributed by atoms with van der Waals surface area (Å²) < 4.78 is 0. The minimum absolute atomic E-state index is 0.0724. The Balaban J connectivity index is 4.46. The van der Waals surface area contributed by atoms with Crippen molar-refractivity contribution in [2.75, 3.05) is 0 Å². The molecule has 0 saturated heterocycles. The third-order valence-corrected chi connectivity index (χ3v) is 1.91. The van der Waals surface area contributed by atoms with Crippen molar-refractivity contribution >= 4 is 5.78 Å². The molecule has 2 nitrogen and oxygen atoms in total. The molecule has 0 aromatic rings. The second kappa shape index (κ2) is 3.56. The largest absolute Gasteiger partial charge is 0.382 e. The van der Waals surface area contributed by atoms with Gasteiger partial charge in [0.2, 0.25) is 0 Å². The van der Waals surface area contributed by atoms with Gasteiger partial charge in [0.05, 0.1) is 0 Å². The average Bonchev–Trinajstić information content (AvgIpc) is 1.84. The Morgan fingerprint density at radius 3 is 1.92 bits per heavy atom. The normalized spacial score (nSPS) is 17.2. The van der Waals surface area contributed by atoms with Crippen molar-refractivity contribution in [3.8, 4) is 0 Å². The zero-order valence-electron chi connectivity index (χ0n) is 8.77. The Morgan fingerprint density at radius 1 is 1.25 bits per heavy atom. The first kappa shape index (κ1) is 11.6. The molecule has 0 aliphatic carbocycles. The molecule has 0 heterocycles. The SMILES string of the molecule is CCCC(C)(O)C(=O)C(C)(C)C. The van der Waals surface area contributed by atoms with Crippen LogP contribution < -0.4 is 0 Å². The van der Waals surface area contributed by atoms with E-state index in [-0.39, 0.29) is 5.78 Å². The standard InChI is InChI=1S/C10H20O2/c1-6-7-10(5,12)8(11)9(2,3)4/h12H,6-7H2,1-5H3. The number of carbonyl (C=O) groups is 1. The highest BCUT2D eigenvalue weighted by Gasteiger charge is 2.36. The summed E-state index contributed by atoms with van der Waals surface area (Å²) in [5.41, 5.74) is -1.59. The van der Waals surface area contributed by atoms with Gasteiger partial charge in [0, 0.05) is 5.41 Å². The van der Waals surface area contributed by atoms with Gasteiger partial charge in [0.25, 0.3) is 0 Å². The van der Waals surface area contributed by atoms with Crippen molar-refractivity contribution in [1.82, 2.24) is 0 Å². The summed E-state index contributed by atoms with van der Waals surface area (Å²) in [5.74, 6) is -0.0724. The number of ketones is 1. The van der Waals surface area contributed by atoms with Crippen molar-refractivity contribution in [2.24, 2.45) is 5.41 Å². The average molecular weight is 172 g/mol. The highest BCUT2D eigenvalue weighted by molar-refractivity contribution is 5.91. The molecule has 0 spiro atoms. The molecule has 0 saturated carbocycles. The van der Waals surface area contributed by atoms with E-state index in [1.807, 2.05) is 27.7 Å². The molecular weight excluding hydrogens is 152 g/mol. The molecule has 1 N–H and O–H groups in total. The van der Waals surface area contributed by atoms with Crippen LogP contribution in [0.4, 0.5) is 0 Å². The van der Waals surface area contributed by atoms with Gasteiger partial charge in [0.15, 0.2) is 5.78 Å². The van der Waals surface area contributed by atoms with Crippen molar-refractivity contribution in [3.63, 3.8) is 0 Å². The predicted molar refractivity (Wildman–Crippen MR) is 50.0 cm³/mol. The Bertz CT molecular complexity index is 163. The maximum atomic E-state index is 11.6. The summed E-state index contributed by atoms with van der Waals surface area (Å²) in [6, 6.07) is 0. The lowest BCUT2D eigenvalue weighted by Gasteiger charge is -2.29. The lowest BCUT2D eigenvalue weighted by atomic mass is 9.79. The summed E-state index contributed by atoms with van der Waals surface area (Å²) >= 11 is 0. The van der Waals surface area contributed by atoms with Crippen LogP contribution in [-0.2, 0) is 4.79 Å². The molecule has 1 atom stereocenters. The second-order valence-corrected chi connectivity index (χ2v) is 4.60. The molecule has 72 valence electrons. The van der Waals surface area contributed by atoms with Crippen molar-refractivity contribution in [1.29, 1.82) is 0 Å². The molecule has 1 unspecified atom stereocenters. The van der Waals surface area contributed by atoms with Gasteiger partial charge in [-0.1, -0.05) is 34.1 Å². The molecule has 0 aromatic carbocycles. The summed E-state index contributed by atoms with van der Waals surface area (Å²) in [5, 5.41) is 9.77. The first-order chi connectivity index (χ1) is 5.22. The van der Waals surface area contributed by atoms with Crippen LogP contribution in [-0.4, -0.2) is 16.5 Å². The zero-order chi connectivity index (χ0) is 9.99. The van der Waals surface area contributed by atoms with Gasteiger partial charge in [-0.05, 0) is 13.3 Å². The summed E-state index contributed by atoms with van der Waals surface area (Å²) in [6.07, 6.45) is 1.37. The molecule has 0 amide bonds. The summed E-state index contributed by atoms with van der Waals surface area (Å²) in [6.45, 7) is 9.06. The van der Waals surface area contributed by atoms with Gasteiger partial charge in [-0.15, -0.1) is 0 Å². The number of hydrogen-bond acceptors (Lipinski definition) is 2. The van der Waals surface area contributed by atoms with Gasteiger partial charge in [-0.25, -0.2) is 0 Å². The molecule has 0 bridgehead atoms. The number of rotatable bonds is 3. The van der Waals surface area contributed by atoms with Crippen molar-refractivity contribution < 1.29 is 9.90 Å². The number of hydrogen-bond donors (Lipinski definition) is 1. The Kier molecular flexibility index (Phi) is 3.45. The minimum Gasteiger partial charge on any atom is -0.382 e. The highest BCUT2D eigenvalue weighted by Crippen LogP contribution is 2.25. The molecule has 0 fully saturated rings. The highest BCUT2D eigenvalue weighted by atomic mass is 16.3. The molecule has 12 heavy (non-hydrogen) atoms.